The lowest BCUT2D eigenvalue weighted by Gasteiger charge is -2.15. The van der Waals surface area contributed by atoms with Gasteiger partial charge in [0.2, 0.25) is 12.3 Å². The van der Waals surface area contributed by atoms with Gasteiger partial charge in [0.25, 0.3) is 0 Å². The van der Waals surface area contributed by atoms with E-state index in [2.05, 4.69) is 29.7 Å². The van der Waals surface area contributed by atoms with Gasteiger partial charge in [-0.25, -0.2) is 0 Å². The highest BCUT2D eigenvalue weighted by Crippen LogP contribution is 2.10. The number of carbonyl (C=O) groups excluding carboxylic acids is 2. The minimum Gasteiger partial charge on any atom is -0.354 e. The van der Waals surface area contributed by atoms with Crippen LogP contribution in [0.4, 0.5) is 0 Å². The highest BCUT2D eigenvalue weighted by atomic mass is 16.2. The van der Waals surface area contributed by atoms with E-state index in [1.165, 1.54) is 77.0 Å². The van der Waals surface area contributed by atoms with Gasteiger partial charge >= 0.3 is 0 Å². The maximum Gasteiger partial charge on any atom is 0.242 e. The van der Waals surface area contributed by atoms with Crippen molar-refractivity contribution < 1.29 is 9.59 Å². The molecule has 0 saturated heterocycles. The molecule has 0 aromatic heterocycles. The van der Waals surface area contributed by atoms with Gasteiger partial charge in [-0.1, -0.05) is 76.9 Å². The van der Waals surface area contributed by atoms with E-state index in [4.69, 9.17) is 5.73 Å². The summed E-state index contributed by atoms with van der Waals surface area (Å²) < 4.78 is 0. The zero-order chi connectivity index (χ0) is 22.1. The zero-order valence-corrected chi connectivity index (χ0v) is 19.6. The number of rotatable bonds is 23. The van der Waals surface area contributed by atoms with Crippen LogP contribution in [0.1, 0.15) is 116 Å². The van der Waals surface area contributed by atoms with Gasteiger partial charge in [0, 0.05) is 6.54 Å². The second-order valence-electron chi connectivity index (χ2n) is 8.35. The van der Waals surface area contributed by atoms with Crippen LogP contribution in [-0.2, 0) is 9.59 Å². The highest BCUT2D eigenvalue weighted by molar-refractivity contribution is 5.83. The monoisotopic (exact) mass is 423 g/mol. The van der Waals surface area contributed by atoms with Crippen molar-refractivity contribution in [2.24, 2.45) is 5.73 Å². The minimum atomic E-state index is -0.428. The largest absolute Gasteiger partial charge is 0.354 e. The lowest BCUT2D eigenvalue weighted by Crippen LogP contribution is -2.44. The first-order chi connectivity index (χ1) is 14.8. The normalized spacial score (nSPS) is 12.2. The Bertz CT molecular complexity index is 413. The molecule has 0 aromatic carbocycles. The molecule has 0 rings (SSSR count). The summed E-state index contributed by atoms with van der Waals surface area (Å²) in [6.45, 7) is 3.57. The number of amides is 2. The fourth-order valence-electron chi connectivity index (χ4n) is 3.57. The summed E-state index contributed by atoms with van der Waals surface area (Å²) in [5.41, 5.74) is 5.48. The molecule has 0 radical (unpaired) electrons. The average Bonchev–Trinajstić information content (AvgIpc) is 2.75. The number of hydrogen-bond acceptors (Lipinski definition) is 3. The third-order valence-electron chi connectivity index (χ3n) is 5.52. The summed E-state index contributed by atoms with van der Waals surface area (Å²) in [4.78, 5) is 22.8. The zero-order valence-electron chi connectivity index (χ0n) is 19.6. The van der Waals surface area contributed by atoms with E-state index in [9.17, 15) is 9.59 Å². The number of allylic oxidation sites excluding steroid dienone is 2. The molecule has 0 saturated carbocycles. The molecule has 0 aliphatic heterocycles. The molecule has 1 atom stereocenters. The summed E-state index contributed by atoms with van der Waals surface area (Å²) >= 11 is 0. The van der Waals surface area contributed by atoms with Crippen molar-refractivity contribution >= 4 is 12.3 Å². The fourth-order valence-corrected chi connectivity index (χ4v) is 3.57. The third kappa shape index (κ3) is 19.9. The second kappa shape index (κ2) is 23.9. The van der Waals surface area contributed by atoms with E-state index >= 15 is 0 Å². The first kappa shape index (κ1) is 28.6. The standard InChI is InChI=1S/C25H49N3O2/c1-2-3-4-5-6-7-8-9-10-11-12-13-14-15-16-19-22-27-25(30)24(28-23-29)20-17-18-21-26/h9-10,23-24H,2-8,11-22,26H2,1H3,(H,27,30)(H,28,29)/b10-9-. The van der Waals surface area contributed by atoms with E-state index in [-0.39, 0.29) is 5.91 Å². The van der Waals surface area contributed by atoms with Gasteiger partial charge < -0.3 is 16.4 Å². The Kier molecular flexibility index (Phi) is 22.8. The average molecular weight is 424 g/mol. The van der Waals surface area contributed by atoms with Crippen LogP contribution in [0.3, 0.4) is 0 Å². The minimum absolute atomic E-state index is 0.0770. The fraction of sp³-hybridized carbons (Fsp3) is 0.840. The molecule has 30 heavy (non-hydrogen) atoms. The van der Waals surface area contributed by atoms with Crippen LogP contribution in [0, 0.1) is 0 Å². The summed E-state index contributed by atoms with van der Waals surface area (Å²) in [6, 6.07) is -0.428. The molecule has 2 amide bonds. The van der Waals surface area contributed by atoms with E-state index in [0.717, 1.165) is 25.7 Å². The molecule has 0 heterocycles. The molecule has 0 bridgehead atoms. The van der Waals surface area contributed by atoms with E-state index < -0.39 is 6.04 Å². The van der Waals surface area contributed by atoms with Gasteiger partial charge in [0.1, 0.15) is 6.04 Å². The Labute approximate surface area is 186 Å². The van der Waals surface area contributed by atoms with Gasteiger partial charge in [-0.2, -0.15) is 0 Å². The van der Waals surface area contributed by atoms with Crippen LogP contribution in [0.2, 0.25) is 0 Å². The molecule has 0 spiro atoms. The van der Waals surface area contributed by atoms with Crippen molar-refractivity contribution in [3.05, 3.63) is 12.2 Å². The van der Waals surface area contributed by atoms with Crippen molar-refractivity contribution in [1.29, 1.82) is 0 Å². The number of nitrogens with one attached hydrogen (secondary N) is 2. The molecule has 0 fully saturated rings. The predicted molar refractivity (Wildman–Crippen MR) is 128 cm³/mol. The number of carbonyl (C=O) groups is 2. The maximum atomic E-state index is 12.1. The number of unbranched alkanes of at least 4 members (excludes halogenated alkanes) is 13. The Balaban J connectivity index is 3.44. The van der Waals surface area contributed by atoms with Crippen molar-refractivity contribution in [3.8, 4) is 0 Å². The predicted octanol–water partition coefficient (Wildman–Crippen LogP) is 5.38. The van der Waals surface area contributed by atoms with Gasteiger partial charge in [0.05, 0.1) is 0 Å². The van der Waals surface area contributed by atoms with E-state index in [1.54, 1.807) is 0 Å². The van der Waals surface area contributed by atoms with Gasteiger partial charge in [-0.3, -0.25) is 9.59 Å². The number of hydrogen-bond donors (Lipinski definition) is 3. The molecule has 0 aliphatic carbocycles. The lowest BCUT2D eigenvalue weighted by molar-refractivity contribution is -0.125. The van der Waals surface area contributed by atoms with Crippen molar-refractivity contribution in [2.75, 3.05) is 13.1 Å². The Morgan fingerprint density at radius 1 is 0.800 bits per heavy atom. The molecule has 5 nitrogen and oxygen atoms in total. The molecular formula is C25H49N3O2. The molecular weight excluding hydrogens is 374 g/mol. The van der Waals surface area contributed by atoms with E-state index in [1.807, 2.05) is 0 Å². The summed E-state index contributed by atoms with van der Waals surface area (Å²) in [7, 11) is 0. The smallest absolute Gasteiger partial charge is 0.242 e. The first-order valence-corrected chi connectivity index (χ1v) is 12.6. The molecule has 0 aromatic rings. The van der Waals surface area contributed by atoms with Crippen molar-refractivity contribution in [1.82, 2.24) is 10.6 Å². The number of nitrogens with two attached hydrogens (primary N) is 1. The molecule has 176 valence electrons. The van der Waals surface area contributed by atoms with Crippen LogP contribution in [0.15, 0.2) is 12.2 Å². The lowest BCUT2D eigenvalue weighted by atomic mass is 10.1. The summed E-state index contributed by atoms with van der Waals surface area (Å²) in [6.07, 6.45) is 25.6. The second-order valence-corrected chi connectivity index (χ2v) is 8.35. The summed E-state index contributed by atoms with van der Waals surface area (Å²) in [5.74, 6) is -0.0770. The van der Waals surface area contributed by atoms with Crippen molar-refractivity contribution in [3.63, 3.8) is 0 Å². The Morgan fingerprint density at radius 3 is 1.93 bits per heavy atom. The van der Waals surface area contributed by atoms with Crippen LogP contribution in [-0.4, -0.2) is 31.4 Å². The Hall–Kier alpha value is -1.36. The van der Waals surface area contributed by atoms with Gasteiger partial charge in [-0.15, -0.1) is 0 Å². The van der Waals surface area contributed by atoms with Crippen LogP contribution in [0.5, 0.6) is 0 Å². The van der Waals surface area contributed by atoms with Gasteiger partial charge in [-0.05, 0) is 57.9 Å². The first-order valence-electron chi connectivity index (χ1n) is 12.6. The summed E-state index contributed by atoms with van der Waals surface area (Å²) in [5, 5.41) is 5.55. The van der Waals surface area contributed by atoms with Gasteiger partial charge in [0.15, 0.2) is 0 Å². The van der Waals surface area contributed by atoms with Crippen molar-refractivity contribution in [2.45, 2.75) is 122 Å². The quantitative estimate of drug-likeness (QED) is 0.117. The SMILES string of the molecule is CCCCCCCC/C=C\CCCCCCCCNC(=O)C(CCCCN)NC=O. The molecule has 5 heteroatoms. The van der Waals surface area contributed by atoms with Crippen LogP contribution in [0.25, 0.3) is 0 Å². The molecule has 1 unspecified atom stereocenters. The van der Waals surface area contributed by atoms with E-state index in [0.29, 0.717) is 25.9 Å². The highest BCUT2D eigenvalue weighted by Gasteiger charge is 2.16. The topological polar surface area (TPSA) is 84.2 Å². The molecule has 0 aliphatic rings. The van der Waals surface area contributed by atoms with Crippen LogP contribution < -0.4 is 16.4 Å². The Morgan fingerprint density at radius 2 is 1.37 bits per heavy atom. The maximum absolute atomic E-state index is 12.1. The van der Waals surface area contributed by atoms with Crippen LogP contribution >= 0.6 is 0 Å². The third-order valence-corrected chi connectivity index (χ3v) is 5.52. The molecule has 4 N–H and O–H groups in total.